The Morgan fingerprint density at radius 3 is 2.67 bits per heavy atom. The zero-order valence-corrected chi connectivity index (χ0v) is 16.7. The zero-order valence-electron chi connectivity index (χ0n) is 16.7. The van der Waals surface area contributed by atoms with Crippen molar-refractivity contribution in [2.45, 2.75) is 18.1 Å². The summed E-state index contributed by atoms with van der Waals surface area (Å²) in [5.74, 6) is -0.0807. The van der Waals surface area contributed by atoms with Gasteiger partial charge in [0.05, 0.1) is 24.8 Å². The van der Waals surface area contributed by atoms with Gasteiger partial charge < -0.3 is 14.7 Å². The van der Waals surface area contributed by atoms with E-state index in [1.54, 1.807) is 6.07 Å². The first kappa shape index (κ1) is 19.2. The topological polar surface area (TPSA) is 94.6 Å². The van der Waals surface area contributed by atoms with Crippen molar-refractivity contribution in [1.29, 1.82) is 0 Å². The fourth-order valence-electron chi connectivity index (χ4n) is 4.69. The predicted molar refractivity (Wildman–Crippen MR) is 111 cm³/mol. The van der Waals surface area contributed by atoms with Crippen LogP contribution in [-0.4, -0.2) is 81.7 Å². The van der Waals surface area contributed by atoms with E-state index in [4.69, 9.17) is 4.74 Å². The number of benzene rings is 2. The number of nitrogens with zero attached hydrogens (tertiary/aromatic N) is 4. The van der Waals surface area contributed by atoms with Gasteiger partial charge in [-0.2, -0.15) is 15.4 Å². The van der Waals surface area contributed by atoms with Crippen LogP contribution in [0.4, 0.5) is 0 Å². The molecule has 2 fully saturated rings. The third-order valence-corrected chi connectivity index (χ3v) is 6.33. The average Bonchev–Trinajstić information content (AvgIpc) is 3.29. The number of rotatable bonds is 3. The maximum Gasteiger partial charge on any atom is 0.256 e. The van der Waals surface area contributed by atoms with Gasteiger partial charge in [-0.1, -0.05) is 36.4 Å². The number of aromatic amines is 1. The van der Waals surface area contributed by atoms with E-state index in [0.717, 1.165) is 18.7 Å². The van der Waals surface area contributed by atoms with Crippen molar-refractivity contribution in [1.82, 2.24) is 25.2 Å². The van der Waals surface area contributed by atoms with Crippen LogP contribution in [0.15, 0.2) is 48.5 Å². The van der Waals surface area contributed by atoms with Gasteiger partial charge in [0.2, 0.25) is 0 Å². The molecule has 8 heteroatoms. The molecule has 0 radical (unpaired) electrons. The number of likely N-dealkylation sites (tertiary alicyclic amines) is 1. The van der Waals surface area contributed by atoms with Crippen molar-refractivity contribution < 1.29 is 14.6 Å². The number of ether oxygens (including phenoxy) is 1. The summed E-state index contributed by atoms with van der Waals surface area (Å²) >= 11 is 0. The summed E-state index contributed by atoms with van der Waals surface area (Å²) in [7, 11) is 0. The summed E-state index contributed by atoms with van der Waals surface area (Å²) in [6, 6.07) is 15.0. The number of carbonyl (C=O) groups excluding carboxylic acids is 1. The second-order valence-corrected chi connectivity index (χ2v) is 7.95. The summed E-state index contributed by atoms with van der Waals surface area (Å²) in [6.45, 7) is 3.65. The van der Waals surface area contributed by atoms with Gasteiger partial charge in [0, 0.05) is 26.2 Å². The fourth-order valence-corrected chi connectivity index (χ4v) is 4.69. The van der Waals surface area contributed by atoms with Gasteiger partial charge in [-0.3, -0.25) is 9.69 Å². The standard InChI is InChI=1S/C22H25N5O3/c28-21(17-7-4-8-18-20(17)24-25-23-18)27-10-9-22(29,16-5-2-1-3-6-16)19(15-27)26-11-13-30-14-12-26/h1-8,19,29H,9-15H2,(H,23,24,25)/t19-,22+/m1/s1. The fraction of sp³-hybridized carbons (Fsp3) is 0.409. The first-order chi connectivity index (χ1) is 14.7. The molecule has 0 aliphatic carbocycles. The molecule has 8 nitrogen and oxygen atoms in total. The molecule has 0 spiro atoms. The van der Waals surface area contributed by atoms with E-state index >= 15 is 0 Å². The number of nitrogens with one attached hydrogen (secondary N) is 1. The van der Waals surface area contributed by atoms with Crippen molar-refractivity contribution in [3.8, 4) is 0 Å². The lowest BCUT2D eigenvalue weighted by Crippen LogP contribution is -2.63. The minimum atomic E-state index is -1.02. The summed E-state index contributed by atoms with van der Waals surface area (Å²) in [6.07, 6.45) is 0.472. The number of hydrogen-bond donors (Lipinski definition) is 2. The maximum atomic E-state index is 13.4. The molecular weight excluding hydrogens is 382 g/mol. The zero-order chi connectivity index (χ0) is 20.6. The Labute approximate surface area is 174 Å². The molecule has 2 atom stereocenters. The van der Waals surface area contributed by atoms with Crippen LogP contribution < -0.4 is 0 Å². The lowest BCUT2D eigenvalue weighted by molar-refractivity contribution is -0.112. The van der Waals surface area contributed by atoms with Gasteiger partial charge in [0.15, 0.2) is 0 Å². The Hall–Kier alpha value is -2.81. The maximum absolute atomic E-state index is 13.4. The second kappa shape index (κ2) is 7.79. The first-order valence-corrected chi connectivity index (χ1v) is 10.4. The molecular formula is C22H25N5O3. The number of morpholine rings is 1. The van der Waals surface area contributed by atoms with Crippen LogP contribution in [-0.2, 0) is 10.3 Å². The van der Waals surface area contributed by atoms with E-state index in [2.05, 4.69) is 20.3 Å². The van der Waals surface area contributed by atoms with Crippen LogP contribution in [0.5, 0.6) is 0 Å². The number of H-pyrrole nitrogens is 1. The van der Waals surface area contributed by atoms with Gasteiger partial charge in [0.25, 0.3) is 5.91 Å². The number of piperidine rings is 1. The van der Waals surface area contributed by atoms with Crippen molar-refractivity contribution in [3.63, 3.8) is 0 Å². The number of carbonyl (C=O) groups is 1. The molecule has 156 valence electrons. The normalized spacial score (nSPS) is 25.5. The number of hydrogen-bond acceptors (Lipinski definition) is 6. The molecule has 0 unspecified atom stereocenters. The third-order valence-electron chi connectivity index (χ3n) is 6.33. The SMILES string of the molecule is O=C(c1cccc2n[nH]nc12)N1CC[C@](O)(c2ccccc2)[C@H](N2CCOCC2)C1. The molecule has 1 amide bonds. The molecule has 2 saturated heterocycles. The number of amides is 1. The van der Waals surface area contributed by atoms with E-state index in [1.165, 1.54) is 0 Å². The van der Waals surface area contributed by atoms with E-state index < -0.39 is 5.60 Å². The minimum Gasteiger partial charge on any atom is -0.383 e. The van der Waals surface area contributed by atoms with Gasteiger partial charge >= 0.3 is 0 Å². The Kier molecular flexibility index (Phi) is 4.98. The summed E-state index contributed by atoms with van der Waals surface area (Å²) in [4.78, 5) is 17.5. The second-order valence-electron chi connectivity index (χ2n) is 7.95. The molecule has 2 aromatic carbocycles. The van der Waals surface area contributed by atoms with E-state index in [0.29, 0.717) is 49.3 Å². The Morgan fingerprint density at radius 2 is 1.87 bits per heavy atom. The molecule has 3 heterocycles. The highest BCUT2D eigenvalue weighted by Crippen LogP contribution is 2.37. The molecule has 5 rings (SSSR count). The molecule has 30 heavy (non-hydrogen) atoms. The highest BCUT2D eigenvalue weighted by Gasteiger charge is 2.47. The Balaban J connectivity index is 1.47. The Morgan fingerprint density at radius 1 is 1.07 bits per heavy atom. The third kappa shape index (κ3) is 3.27. The monoisotopic (exact) mass is 407 g/mol. The Bertz CT molecular complexity index is 1030. The first-order valence-electron chi connectivity index (χ1n) is 10.4. The van der Waals surface area contributed by atoms with Crippen LogP contribution in [0.1, 0.15) is 22.3 Å². The highest BCUT2D eigenvalue weighted by atomic mass is 16.5. The number of aromatic nitrogens is 3. The lowest BCUT2D eigenvalue weighted by Gasteiger charge is -2.50. The van der Waals surface area contributed by atoms with Crippen molar-refractivity contribution in [3.05, 3.63) is 59.7 Å². The number of aliphatic hydroxyl groups is 1. The molecule has 2 N–H and O–H groups in total. The predicted octanol–water partition coefficient (Wildman–Crippen LogP) is 1.39. The minimum absolute atomic E-state index is 0.0807. The smallest absolute Gasteiger partial charge is 0.256 e. The molecule has 0 saturated carbocycles. The van der Waals surface area contributed by atoms with Gasteiger partial charge in [0.1, 0.15) is 16.6 Å². The summed E-state index contributed by atoms with van der Waals surface area (Å²) < 4.78 is 5.52. The van der Waals surface area contributed by atoms with Crippen LogP contribution in [0.3, 0.4) is 0 Å². The van der Waals surface area contributed by atoms with E-state index in [1.807, 2.05) is 47.4 Å². The van der Waals surface area contributed by atoms with Crippen LogP contribution in [0.2, 0.25) is 0 Å². The molecule has 2 aliphatic rings. The van der Waals surface area contributed by atoms with Crippen molar-refractivity contribution >= 4 is 16.9 Å². The van der Waals surface area contributed by atoms with Crippen LogP contribution in [0.25, 0.3) is 11.0 Å². The van der Waals surface area contributed by atoms with Gasteiger partial charge in [-0.15, -0.1) is 0 Å². The van der Waals surface area contributed by atoms with Crippen LogP contribution in [0, 0.1) is 0 Å². The molecule has 2 aliphatic heterocycles. The van der Waals surface area contributed by atoms with Crippen LogP contribution >= 0.6 is 0 Å². The number of fused-ring (bicyclic) bond motifs is 1. The lowest BCUT2D eigenvalue weighted by atomic mass is 9.79. The van der Waals surface area contributed by atoms with Gasteiger partial charge in [-0.25, -0.2) is 0 Å². The van der Waals surface area contributed by atoms with Crippen molar-refractivity contribution in [2.75, 3.05) is 39.4 Å². The number of para-hydroxylation sites is 1. The summed E-state index contributed by atoms with van der Waals surface area (Å²) in [5.41, 5.74) is 1.66. The van der Waals surface area contributed by atoms with E-state index in [9.17, 15) is 9.90 Å². The highest BCUT2D eigenvalue weighted by molar-refractivity contribution is 6.04. The average molecular weight is 407 g/mol. The largest absolute Gasteiger partial charge is 0.383 e. The molecule has 0 bridgehead atoms. The van der Waals surface area contributed by atoms with E-state index in [-0.39, 0.29) is 11.9 Å². The van der Waals surface area contributed by atoms with Crippen molar-refractivity contribution in [2.24, 2.45) is 0 Å². The quantitative estimate of drug-likeness (QED) is 0.682. The summed E-state index contributed by atoms with van der Waals surface area (Å²) in [5, 5.41) is 22.7. The molecule has 1 aromatic heterocycles. The van der Waals surface area contributed by atoms with Gasteiger partial charge in [-0.05, 0) is 24.1 Å². The molecule has 3 aromatic rings.